The summed E-state index contributed by atoms with van der Waals surface area (Å²) in [5, 5.41) is 94.4. The predicted octanol–water partition coefficient (Wildman–Crippen LogP) is -6.05. The van der Waals surface area contributed by atoms with Crippen LogP contribution in [0.1, 0.15) is 12.1 Å². The standard InChI is InChI=1S/C24H44N4O14/c1-27(11-15(31)19(34)20(35)16(32)12-29)18(33)3-2-14-10-28(26-25-14)4-5-39-6-7-40-8-9-41-24-23(38)22(37)21(36)17(13-30)42-24/h10,15-17,19-24,29-32,34-38H,2-9,11-13H2,1H3/t15-,16+,17-,19+,20+,21+,22+,23-,24-/m1/s1. The highest BCUT2D eigenvalue weighted by molar-refractivity contribution is 5.76. The zero-order valence-electron chi connectivity index (χ0n) is 23.4. The maximum Gasteiger partial charge on any atom is 0.222 e. The Morgan fingerprint density at radius 1 is 0.976 bits per heavy atom. The summed E-state index contributed by atoms with van der Waals surface area (Å²) in [4.78, 5) is 13.5. The van der Waals surface area contributed by atoms with Gasteiger partial charge in [0.25, 0.3) is 0 Å². The van der Waals surface area contributed by atoms with Gasteiger partial charge in [-0.3, -0.25) is 4.79 Å². The lowest BCUT2D eigenvalue weighted by Gasteiger charge is -2.39. The van der Waals surface area contributed by atoms with Gasteiger partial charge in [0.2, 0.25) is 5.91 Å². The summed E-state index contributed by atoms with van der Waals surface area (Å²) in [6, 6.07) is 0. The molecule has 244 valence electrons. The van der Waals surface area contributed by atoms with Gasteiger partial charge in [-0.2, -0.15) is 0 Å². The Hall–Kier alpha value is -1.91. The van der Waals surface area contributed by atoms with Gasteiger partial charge in [0.15, 0.2) is 6.29 Å². The normalized spacial score (nSPS) is 25.6. The number of ether oxygens (including phenoxy) is 4. The van der Waals surface area contributed by atoms with Crippen LogP contribution >= 0.6 is 0 Å². The Morgan fingerprint density at radius 3 is 2.29 bits per heavy atom. The smallest absolute Gasteiger partial charge is 0.222 e. The number of aliphatic hydroxyl groups is 9. The second kappa shape index (κ2) is 18.7. The Bertz CT molecular complexity index is 895. The van der Waals surface area contributed by atoms with Crippen molar-refractivity contribution in [1.29, 1.82) is 0 Å². The SMILES string of the molecule is CN(C[C@@H](O)[C@H](O)[C@@H](O)[C@@H](O)CO)C(=O)CCc1cn(CCOCCOCCO[C@@H]2O[C@H](CO)[C@H](O)[C@H](O)[C@H]2O)nn1. The first-order chi connectivity index (χ1) is 20.0. The number of hydrogen-bond donors (Lipinski definition) is 9. The first kappa shape index (κ1) is 36.3. The van der Waals surface area contributed by atoms with Crippen molar-refractivity contribution in [2.75, 3.05) is 59.8 Å². The van der Waals surface area contributed by atoms with Gasteiger partial charge < -0.3 is 69.8 Å². The van der Waals surface area contributed by atoms with E-state index >= 15 is 0 Å². The van der Waals surface area contributed by atoms with Gasteiger partial charge in [-0.1, -0.05) is 5.21 Å². The van der Waals surface area contributed by atoms with Crippen LogP contribution < -0.4 is 0 Å². The molecule has 0 spiro atoms. The molecule has 0 aliphatic carbocycles. The van der Waals surface area contributed by atoms with E-state index in [1.54, 1.807) is 10.9 Å². The molecule has 18 heteroatoms. The van der Waals surface area contributed by atoms with Crippen molar-refractivity contribution in [1.82, 2.24) is 19.9 Å². The molecule has 0 unspecified atom stereocenters. The highest BCUT2D eigenvalue weighted by Crippen LogP contribution is 2.21. The van der Waals surface area contributed by atoms with Gasteiger partial charge in [0.1, 0.15) is 48.8 Å². The van der Waals surface area contributed by atoms with Crippen molar-refractivity contribution in [3.63, 3.8) is 0 Å². The Kier molecular flexibility index (Phi) is 16.1. The number of nitrogens with zero attached hydrogens (tertiary/aromatic N) is 4. The predicted molar refractivity (Wildman–Crippen MR) is 138 cm³/mol. The number of aromatic nitrogens is 3. The number of carbonyl (C=O) groups excluding carboxylic acids is 1. The van der Waals surface area contributed by atoms with E-state index in [-0.39, 0.29) is 51.7 Å². The van der Waals surface area contributed by atoms with Crippen LogP contribution in [0.25, 0.3) is 0 Å². The van der Waals surface area contributed by atoms with E-state index in [9.17, 15) is 45.6 Å². The van der Waals surface area contributed by atoms with Gasteiger partial charge in [-0.25, -0.2) is 4.68 Å². The van der Waals surface area contributed by atoms with Gasteiger partial charge in [0.05, 0.1) is 58.5 Å². The van der Waals surface area contributed by atoms with E-state index in [2.05, 4.69) is 10.3 Å². The lowest BCUT2D eigenvalue weighted by atomic mass is 9.99. The molecule has 1 amide bonds. The summed E-state index contributed by atoms with van der Waals surface area (Å²) in [5.74, 6) is -0.352. The van der Waals surface area contributed by atoms with Crippen LogP contribution in [0.2, 0.25) is 0 Å². The second-order valence-corrected chi connectivity index (χ2v) is 9.84. The number of rotatable bonds is 20. The molecule has 2 rings (SSSR count). The molecule has 1 fully saturated rings. The highest BCUT2D eigenvalue weighted by Gasteiger charge is 2.44. The molecule has 2 heterocycles. The maximum atomic E-state index is 12.4. The summed E-state index contributed by atoms with van der Waals surface area (Å²) in [5.41, 5.74) is 0.557. The highest BCUT2D eigenvalue weighted by atomic mass is 16.7. The van der Waals surface area contributed by atoms with Crippen molar-refractivity contribution in [3.05, 3.63) is 11.9 Å². The lowest BCUT2D eigenvalue weighted by Crippen LogP contribution is -2.59. The average molecular weight is 613 g/mol. The van der Waals surface area contributed by atoms with Crippen LogP contribution in [-0.2, 0) is 36.7 Å². The molecule has 0 saturated carbocycles. The van der Waals surface area contributed by atoms with E-state index in [1.165, 1.54) is 11.9 Å². The van der Waals surface area contributed by atoms with Crippen LogP contribution in [0.3, 0.4) is 0 Å². The largest absolute Gasteiger partial charge is 0.394 e. The third kappa shape index (κ3) is 11.3. The first-order valence-electron chi connectivity index (χ1n) is 13.5. The molecule has 1 aliphatic heterocycles. The molecular weight excluding hydrogens is 568 g/mol. The van der Waals surface area contributed by atoms with Crippen molar-refractivity contribution in [2.45, 2.75) is 74.5 Å². The fraction of sp³-hybridized carbons (Fsp3) is 0.875. The zero-order valence-corrected chi connectivity index (χ0v) is 23.4. The molecular formula is C24H44N4O14. The van der Waals surface area contributed by atoms with Crippen molar-refractivity contribution < 1.29 is 69.7 Å². The number of amides is 1. The van der Waals surface area contributed by atoms with Gasteiger partial charge >= 0.3 is 0 Å². The van der Waals surface area contributed by atoms with Gasteiger partial charge in [-0.05, 0) is 0 Å². The van der Waals surface area contributed by atoms with Crippen LogP contribution in [0.5, 0.6) is 0 Å². The van der Waals surface area contributed by atoms with E-state index in [4.69, 9.17) is 24.1 Å². The number of likely N-dealkylation sites (N-methyl/N-ethyl adjacent to an activating group) is 1. The molecule has 42 heavy (non-hydrogen) atoms. The average Bonchev–Trinajstić information content (AvgIpc) is 3.44. The van der Waals surface area contributed by atoms with E-state index in [1.807, 2.05) is 0 Å². The minimum Gasteiger partial charge on any atom is -0.394 e. The summed E-state index contributed by atoms with van der Waals surface area (Å²) in [6.45, 7) is -0.222. The minimum absolute atomic E-state index is 0.0309. The molecule has 0 radical (unpaired) electrons. The molecule has 9 N–H and O–H groups in total. The molecule has 1 aromatic rings. The topological polar surface area (TPSA) is 270 Å². The third-order valence-corrected chi connectivity index (χ3v) is 6.59. The third-order valence-electron chi connectivity index (χ3n) is 6.59. The molecule has 1 aliphatic rings. The summed E-state index contributed by atoms with van der Waals surface area (Å²) in [7, 11) is 1.41. The number of aliphatic hydroxyl groups excluding tert-OH is 9. The Balaban J connectivity index is 1.55. The van der Waals surface area contributed by atoms with Crippen molar-refractivity contribution >= 4 is 5.91 Å². The minimum atomic E-state index is -1.77. The summed E-state index contributed by atoms with van der Waals surface area (Å²) >= 11 is 0. The van der Waals surface area contributed by atoms with E-state index in [0.717, 1.165) is 0 Å². The molecule has 1 saturated heterocycles. The molecule has 0 aromatic carbocycles. The maximum absolute atomic E-state index is 12.4. The summed E-state index contributed by atoms with van der Waals surface area (Å²) < 4.78 is 22.9. The van der Waals surface area contributed by atoms with E-state index in [0.29, 0.717) is 18.8 Å². The van der Waals surface area contributed by atoms with Crippen LogP contribution in [-0.4, -0.2) is 187 Å². The monoisotopic (exact) mass is 612 g/mol. The fourth-order valence-electron chi connectivity index (χ4n) is 3.95. The number of carbonyl (C=O) groups is 1. The lowest BCUT2D eigenvalue weighted by molar-refractivity contribution is -0.302. The van der Waals surface area contributed by atoms with Crippen molar-refractivity contribution in [2.24, 2.45) is 0 Å². The van der Waals surface area contributed by atoms with Crippen molar-refractivity contribution in [3.8, 4) is 0 Å². The van der Waals surface area contributed by atoms with Crippen LogP contribution in [0, 0.1) is 0 Å². The number of aryl methyl sites for hydroxylation is 1. The quantitative estimate of drug-likeness (QED) is 0.0620. The molecule has 9 atom stereocenters. The Labute approximate surface area is 242 Å². The zero-order chi connectivity index (χ0) is 31.2. The molecule has 18 nitrogen and oxygen atoms in total. The van der Waals surface area contributed by atoms with Crippen LogP contribution in [0.15, 0.2) is 6.20 Å². The van der Waals surface area contributed by atoms with Crippen LogP contribution in [0.4, 0.5) is 0 Å². The van der Waals surface area contributed by atoms with Gasteiger partial charge in [-0.15, -0.1) is 5.10 Å². The summed E-state index contributed by atoms with van der Waals surface area (Å²) in [6.07, 6.45) is -11.4. The van der Waals surface area contributed by atoms with E-state index < -0.39 is 68.3 Å². The number of hydrogen-bond acceptors (Lipinski definition) is 16. The Morgan fingerprint density at radius 2 is 1.62 bits per heavy atom. The molecule has 0 bridgehead atoms. The second-order valence-electron chi connectivity index (χ2n) is 9.84. The first-order valence-corrected chi connectivity index (χ1v) is 13.5. The molecule has 1 aromatic heterocycles. The van der Waals surface area contributed by atoms with Gasteiger partial charge in [0, 0.05) is 32.6 Å². The fourth-order valence-corrected chi connectivity index (χ4v) is 3.95.